The summed E-state index contributed by atoms with van der Waals surface area (Å²) in [6, 6.07) is 0. The summed E-state index contributed by atoms with van der Waals surface area (Å²) in [6.45, 7) is 15.3. The van der Waals surface area contributed by atoms with Gasteiger partial charge >= 0.3 is 0 Å². The molecule has 0 aliphatic carbocycles. The molecule has 0 N–H and O–H groups in total. The molecule has 0 bridgehead atoms. The van der Waals surface area contributed by atoms with Crippen LogP contribution in [0.25, 0.3) is 0 Å². The van der Waals surface area contributed by atoms with Crippen molar-refractivity contribution < 1.29 is 4.48 Å². The van der Waals surface area contributed by atoms with Crippen LogP contribution >= 0.6 is 0 Å². The van der Waals surface area contributed by atoms with Crippen molar-refractivity contribution in [1.29, 1.82) is 0 Å². The van der Waals surface area contributed by atoms with Crippen molar-refractivity contribution in [2.24, 2.45) is 11.8 Å². The molecule has 0 radical (unpaired) electrons. The van der Waals surface area contributed by atoms with Crippen LogP contribution in [-0.2, 0) is 0 Å². The SMILES string of the molecule is CC[N+](C)(C)C(C)(C)C(C)C(C)C. The Morgan fingerprint density at radius 2 is 1.46 bits per heavy atom. The van der Waals surface area contributed by atoms with Gasteiger partial charge in [0.15, 0.2) is 0 Å². The van der Waals surface area contributed by atoms with E-state index in [-0.39, 0.29) is 0 Å². The van der Waals surface area contributed by atoms with E-state index in [2.05, 4.69) is 55.6 Å². The Labute approximate surface area is 84.7 Å². The molecule has 0 amide bonds. The molecule has 13 heavy (non-hydrogen) atoms. The van der Waals surface area contributed by atoms with Gasteiger partial charge in [-0.1, -0.05) is 20.8 Å². The normalized spacial score (nSPS) is 16.4. The van der Waals surface area contributed by atoms with Gasteiger partial charge in [0.2, 0.25) is 0 Å². The predicted molar refractivity (Wildman–Crippen MR) is 60.7 cm³/mol. The molecule has 0 fully saturated rings. The summed E-state index contributed by atoms with van der Waals surface area (Å²) in [4.78, 5) is 0. The maximum absolute atomic E-state index is 2.39. The molecule has 0 aliphatic heterocycles. The first-order chi connectivity index (χ1) is 5.66. The Balaban J connectivity index is 4.74. The third-order valence-corrected chi connectivity index (χ3v) is 4.47. The third-order valence-electron chi connectivity index (χ3n) is 4.47. The topological polar surface area (TPSA) is 0 Å². The highest BCUT2D eigenvalue weighted by atomic mass is 15.4. The maximum atomic E-state index is 2.39. The van der Waals surface area contributed by atoms with Crippen LogP contribution in [0.15, 0.2) is 0 Å². The van der Waals surface area contributed by atoms with E-state index in [4.69, 9.17) is 0 Å². The van der Waals surface area contributed by atoms with Crippen molar-refractivity contribution in [1.82, 2.24) is 0 Å². The molecule has 80 valence electrons. The smallest absolute Gasteiger partial charge is 0.0959 e. The number of rotatable bonds is 4. The van der Waals surface area contributed by atoms with E-state index in [9.17, 15) is 0 Å². The van der Waals surface area contributed by atoms with Crippen LogP contribution in [0.1, 0.15) is 41.5 Å². The van der Waals surface area contributed by atoms with Gasteiger partial charge in [-0.2, -0.15) is 0 Å². The fourth-order valence-electron chi connectivity index (χ4n) is 1.77. The Bertz CT molecular complexity index is 157. The molecular weight excluding hydrogens is 158 g/mol. The Morgan fingerprint density at radius 3 is 1.69 bits per heavy atom. The second-order valence-corrected chi connectivity index (χ2v) is 5.69. The van der Waals surface area contributed by atoms with Crippen molar-refractivity contribution in [3.63, 3.8) is 0 Å². The first-order valence-corrected chi connectivity index (χ1v) is 5.50. The number of quaternary nitrogens is 1. The highest BCUT2D eigenvalue weighted by Gasteiger charge is 2.41. The predicted octanol–water partition coefficient (Wildman–Crippen LogP) is 3.15. The summed E-state index contributed by atoms with van der Waals surface area (Å²) < 4.78 is 1.10. The molecule has 0 saturated carbocycles. The molecule has 1 heteroatoms. The molecule has 0 rings (SSSR count). The van der Waals surface area contributed by atoms with Crippen LogP contribution in [0, 0.1) is 11.8 Å². The summed E-state index contributed by atoms with van der Waals surface area (Å²) in [7, 11) is 4.66. The highest BCUT2D eigenvalue weighted by molar-refractivity contribution is 4.78. The van der Waals surface area contributed by atoms with Crippen LogP contribution in [0.4, 0.5) is 0 Å². The lowest BCUT2D eigenvalue weighted by molar-refractivity contribution is -0.941. The quantitative estimate of drug-likeness (QED) is 0.592. The van der Waals surface area contributed by atoms with Crippen LogP contribution in [-0.4, -0.2) is 30.7 Å². The van der Waals surface area contributed by atoms with Crippen molar-refractivity contribution in [2.45, 2.75) is 47.1 Å². The zero-order valence-corrected chi connectivity index (χ0v) is 10.8. The third kappa shape index (κ3) is 2.46. The van der Waals surface area contributed by atoms with E-state index in [1.54, 1.807) is 0 Å². The molecule has 0 aliphatic rings. The van der Waals surface area contributed by atoms with Crippen molar-refractivity contribution in [3.05, 3.63) is 0 Å². The van der Waals surface area contributed by atoms with Crippen molar-refractivity contribution in [3.8, 4) is 0 Å². The first kappa shape index (κ1) is 13.0. The standard InChI is InChI=1S/C12H28N/c1-9-13(7,8)12(5,6)11(4)10(2)3/h10-11H,9H2,1-8H3/q+1. The summed E-state index contributed by atoms with van der Waals surface area (Å²) in [6.07, 6.45) is 0. The second kappa shape index (κ2) is 4.00. The minimum absolute atomic E-state index is 0.364. The lowest BCUT2D eigenvalue weighted by Gasteiger charge is -2.48. The van der Waals surface area contributed by atoms with E-state index in [1.807, 2.05) is 0 Å². The van der Waals surface area contributed by atoms with Gasteiger partial charge in [0.05, 0.1) is 26.2 Å². The summed E-state index contributed by atoms with van der Waals surface area (Å²) >= 11 is 0. The van der Waals surface area contributed by atoms with Gasteiger partial charge in [-0.05, 0) is 26.7 Å². The highest BCUT2D eigenvalue weighted by Crippen LogP contribution is 2.32. The first-order valence-electron chi connectivity index (χ1n) is 5.50. The lowest BCUT2D eigenvalue weighted by atomic mass is 9.78. The molecule has 1 unspecified atom stereocenters. The fourth-order valence-corrected chi connectivity index (χ4v) is 1.77. The molecular formula is C12H28N+. The fraction of sp³-hybridized carbons (Fsp3) is 1.00. The Morgan fingerprint density at radius 1 is 1.08 bits per heavy atom. The Hall–Kier alpha value is -0.0400. The van der Waals surface area contributed by atoms with Crippen LogP contribution < -0.4 is 0 Å². The summed E-state index contributed by atoms with van der Waals surface area (Å²) in [5, 5.41) is 0. The van der Waals surface area contributed by atoms with Crippen molar-refractivity contribution in [2.75, 3.05) is 20.6 Å². The molecule has 0 aromatic heterocycles. The lowest BCUT2D eigenvalue weighted by Crippen LogP contribution is -2.60. The van der Waals surface area contributed by atoms with E-state index >= 15 is 0 Å². The number of hydrogen-bond acceptors (Lipinski definition) is 0. The molecule has 0 spiro atoms. The maximum Gasteiger partial charge on any atom is 0.0959 e. The van der Waals surface area contributed by atoms with Crippen LogP contribution in [0.3, 0.4) is 0 Å². The second-order valence-electron chi connectivity index (χ2n) is 5.69. The van der Waals surface area contributed by atoms with Crippen molar-refractivity contribution >= 4 is 0 Å². The van der Waals surface area contributed by atoms with Gasteiger partial charge < -0.3 is 4.48 Å². The van der Waals surface area contributed by atoms with Crippen LogP contribution in [0.2, 0.25) is 0 Å². The zero-order chi connectivity index (χ0) is 10.9. The average Bonchev–Trinajstić information content (AvgIpc) is 2.02. The molecule has 0 heterocycles. The number of nitrogens with zero attached hydrogens (tertiary/aromatic N) is 1. The van der Waals surface area contributed by atoms with Gasteiger partial charge in [0.25, 0.3) is 0 Å². The minimum atomic E-state index is 0.364. The van der Waals surface area contributed by atoms with Gasteiger partial charge in [0.1, 0.15) is 0 Å². The average molecular weight is 186 g/mol. The van der Waals surface area contributed by atoms with Gasteiger partial charge in [-0.25, -0.2) is 0 Å². The minimum Gasteiger partial charge on any atom is -0.324 e. The zero-order valence-electron chi connectivity index (χ0n) is 10.8. The Kier molecular flexibility index (Phi) is 3.98. The van der Waals surface area contributed by atoms with E-state index in [0.717, 1.165) is 16.3 Å². The molecule has 1 nitrogen and oxygen atoms in total. The van der Waals surface area contributed by atoms with E-state index in [1.165, 1.54) is 6.54 Å². The molecule has 0 saturated heterocycles. The van der Waals surface area contributed by atoms with Gasteiger partial charge in [-0.15, -0.1) is 0 Å². The number of hydrogen-bond donors (Lipinski definition) is 0. The molecule has 0 aromatic rings. The summed E-state index contributed by atoms with van der Waals surface area (Å²) in [5.41, 5.74) is 0.364. The van der Waals surface area contributed by atoms with E-state index < -0.39 is 0 Å². The molecule has 0 aromatic carbocycles. The molecule has 1 atom stereocenters. The van der Waals surface area contributed by atoms with Crippen LogP contribution in [0.5, 0.6) is 0 Å². The van der Waals surface area contributed by atoms with Gasteiger partial charge in [0, 0.05) is 5.92 Å². The van der Waals surface area contributed by atoms with Gasteiger partial charge in [-0.3, -0.25) is 0 Å². The largest absolute Gasteiger partial charge is 0.324 e. The van der Waals surface area contributed by atoms with E-state index in [0.29, 0.717) is 5.54 Å². The monoisotopic (exact) mass is 186 g/mol. The summed E-state index contributed by atoms with van der Waals surface area (Å²) in [5.74, 6) is 1.52.